The summed E-state index contributed by atoms with van der Waals surface area (Å²) in [7, 11) is 0. The van der Waals surface area contributed by atoms with Crippen molar-refractivity contribution in [3.63, 3.8) is 0 Å². The average molecular weight is 259 g/mol. The minimum Gasteiger partial charge on any atom is -0.316 e. The zero-order chi connectivity index (χ0) is 14.1. The second-order valence-corrected chi connectivity index (χ2v) is 7.64. The minimum absolute atomic E-state index is 0.365. The molecule has 106 valence electrons. The van der Waals surface area contributed by atoms with Gasteiger partial charge in [-0.15, -0.1) is 0 Å². The van der Waals surface area contributed by atoms with E-state index in [1.165, 1.54) is 18.4 Å². The molecule has 0 heterocycles. The Morgan fingerprint density at radius 3 is 2.32 bits per heavy atom. The van der Waals surface area contributed by atoms with Crippen molar-refractivity contribution in [3.8, 4) is 0 Å². The Labute approximate surface area is 118 Å². The van der Waals surface area contributed by atoms with E-state index >= 15 is 0 Å². The molecule has 19 heavy (non-hydrogen) atoms. The highest BCUT2D eigenvalue weighted by atomic mass is 14.9. The molecule has 0 aromatic heterocycles. The van der Waals surface area contributed by atoms with E-state index in [9.17, 15) is 0 Å². The van der Waals surface area contributed by atoms with E-state index in [0.717, 1.165) is 19.0 Å². The molecule has 0 amide bonds. The van der Waals surface area contributed by atoms with Gasteiger partial charge < -0.3 is 5.32 Å². The SMILES string of the molecule is Cc1ccccc1C1(CNCC(C)C)CC(C)(C)C1. The predicted molar refractivity (Wildman–Crippen MR) is 83.6 cm³/mol. The van der Waals surface area contributed by atoms with Gasteiger partial charge in [-0.05, 0) is 48.8 Å². The molecule has 1 aromatic carbocycles. The van der Waals surface area contributed by atoms with Gasteiger partial charge in [0.2, 0.25) is 0 Å². The fraction of sp³-hybridized carbons (Fsp3) is 0.667. The van der Waals surface area contributed by atoms with Crippen LogP contribution in [-0.2, 0) is 5.41 Å². The molecule has 1 aliphatic carbocycles. The van der Waals surface area contributed by atoms with Crippen molar-refractivity contribution in [2.45, 2.75) is 52.9 Å². The van der Waals surface area contributed by atoms with Gasteiger partial charge in [0.05, 0.1) is 0 Å². The minimum atomic E-state index is 0.365. The number of hydrogen-bond acceptors (Lipinski definition) is 1. The van der Waals surface area contributed by atoms with E-state index in [1.54, 1.807) is 5.56 Å². The lowest BCUT2D eigenvalue weighted by Gasteiger charge is -2.54. The first-order chi connectivity index (χ1) is 8.85. The van der Waals surface area contributed by atoms with Crippen molar-refractivity contribution >= 4 is 0 Å². The smallest absolute Gasteiger partial charge is 0.00905 e. The van der Waals surface area contributed by atoms with Crippen molar-refractivity contribution in [2.24, 2.45) is 11.3 Å². The highest BCUT2D eigenvalue weighted by molar-refractivity contribution is 5.37. The van der Waals surface area contributed by atoms with Crippen molar-refractivity contribution < 1.29 is 0 Å². The number of aryl methyl sites for hydroxylation is 1. The maximum absolute atomic E-state index is 3.69. The maximum Gasteiger partial charge on any atom is 0.00905 e. The monoisotopic (exact) mass is 259 g/mol. The lowest BCUT2D eigenvalue weighted by atomic mass is 9.51. The fourth-order valence-corrected chi connectivity index (χ4v) is 3.96. The molecule has 1 heteroatoms. The molecule has 0 bridgehead atoms. The third-order valence-corrected chi connectivity index (χ3v) is 4.37. The van der Waals surface area contributed by atoms with E-state index in [2.05, 4.69) is 64.2 Å². The second kappa shape index (κ2) is 5.28. The molecule has 0 atom stereocenters. The summed E-state index contributed by atoms with van der Waals surface area (Å²) in [6.07, 6.45) is 2.60. The zero-order valence-corrected chi connectivity index (χ0v) is 13.2. The Morgan fingerprint density at radius 1 is 1.16 bits per heavy atom. The van der Waals surface area contributed by atoms with Gasteiger partial charge in [0, 0.05) is 12.0 Å². The first-order valence-electron chi connectivity index (χ1n) is 7.62. The quantitative estimate of drug-likeness (QED) is 0.831. The summed E-state index contributed by atoms with van der Waals surface area (Å²) in [5.41, 5.74) is 3.88. The van der Waals surface area contributed by atoms with E-state index in [1.807, 2.05) is 0 Å². The molecule has 1 aromatic rings. The standard InChI is InChI=1S/C18H29N/c1-14(2)10-19-13-18(11-17(4,5)12-18)16-9-7-6-8-15(16)3/h6-9,14,19H,10-13H2,1-5H3. The summed E-state index contributed by atoms with van der Waals surface area (Å²) >= 11 is 0. The largest absolute Gasteiger partial charge is 0.316 e. The summed E-state index contributed by atoms with van der Waals surface area (Å²) in [5, 5.41) is 3.69. The third-order valence-electron chi connectivity index (χ3n) is 4.37. The van der Waals surface area contributed by atoms with Gasteiger partial charge in [-0.2, -0.15) is 0 Å². The summed E-state index contributed by atoms with van der Waals surface area (Å²) in [6.45, 7) is 13.8. The molecule has 2 rings (SSSR count). The Balaban J connectivity index is 2.15. The van der Waals surface area contributed by atoms with Crippen molar-refractivity contribution in [1.82, 2.24) is 5.32 Å². The van der Waals surface area contributed by atoms with Gasteiger partial charge in [0.15, 0.2) is 0 Å². The van der Waals surface area contributed by atoms with E-state index in [4.69, 9.17) is 0 Å². The van der Waals surface area contributed by atoms with Gasteiger partial charge in [0.25, 0.3) is 0 Å². The van der Waals surface area contributed by atoms with Crippen LogP contribution in [0.3, 0.4) is 0 Å². The van der Waals surface area contributed by atoms with Crippen LogP contribution < -0.4 is 5.32 Å². The number of rotatable bonds is 5. The van der Waals surface area contributed by atoms with Crippen LogP contribution in [0, 0.1) is 18.3 Å². The fourth-order valence-electron chi connectivity index (χ4n) is 3.96. The molecule has 1 saturated carbocycles. The zero-order valence-electron chi connectivity index (χ0n) is 13.2. The van der Waals surface area contributed by atoms with Crippen molar-refractivity contribution in [2.75, 3.05) is 13.1 Å². The van der Waals surface area contributed by atoms with Gasteiger partial charge >= 0.3 is 0 Å². The highest BCUT2D eigenvalue weighted by Gasteiger charge is 2.50. The van der Waals surface area contributed by atoms with Crippen LogP contribution >= 0.6 is 0 Å². The van der Waals surface area contributed by atoms with E-state index in [0.29, 0.717) is 10.8 Å². The van der Waals surface area contributed by atoms with Crippen LogP contribution in [0.25, 0.3) is 0 Å². The van der Waals surface area contributed by atoms with Crippen LogP contribution in [-0.4, -0.2) is 13.1 Å². The van der Waals surface area contributed by atoms with Crippen LogP contribution in [0.4, 0.5) is 0 Å². The molecule has 0 unspecified atom stereocenters. The summed E-state index contributed by atoms with van der Waals surface area (Å²) < 4.78 is 0. The molecule has 0 saturated heterocycles. The molecule has 0 spiro atoms. The third kappa shape index (κ3) is 3.20. The molecule has 1 fully saturated rings. The van der Waals surface area contributed by atoms with Gasteiger partial charge in [-0.3, -0.25) is 0 Å². The molecule has 0 radical (unpaired) electrons. The summed E-state index contributed by atoms with van der Waals surface area (Å²) in [6, 6.07) is 8.93. The highest BCUT2D eigenvalue weighted by Crippen LogP contribution is 2.55. The Morgan fingerprint density at radius 2 is 1.79 bits per heavy atom. The Hall–Kier alpha value is -0.820. The first kappa shape index (κ1) is 14.6. The number of benzene rings is 1. The Bertz CT molecular complexity index is 423. The van der Waals surface area contributed by atoms with Gasteiger partial charge in [0.1, 0.15) is 0 Å². The van der Waals surface area contributed by atoms with Crippen LogP contribution in [0.1, 0.15) is 51.7 Å². The van der Waals surface area contributed by atoms with Gasteiger partial charge in [-0.25, -0.2) is 0 Å². The maximum atomic E-state index is 3.69. The van der Waals surface area contributed by atoms with E-state index in [-0.39, 0.29) is 0 Å². The summed E-state index contributed by atoms with van der Waals surface area (Å²) in [4.78, 5) is 0. The Kier molecular flexibility index (Phi) is 4.06. The lowest BCUT2D eigenvalue weighted by Crippen LogP contribution is -2.53. The van der Waals surface area contributed by atoms with Crippen molar-refractivity contribution in [1.29, 1.82) is 0 Å². The van der Waals surface area contributed by atoms with Gasteiger partial charge in [-0.1, -0.05) is 52.0 Å². The molecule has 1 N–H and O–H groups in total. The predicted octanol–water partition coefficient (Wildman–Crippen LogP) is 4.30. The molecule has 1 nitrogen and oxygen atoms in total. The number of hydrogen-bond donors (Lipinski definition) is 1. The molecule has 0 aliphatic heterocycles. The van der Waals surface area contributed by atoms with Crippen LogP contribution in [0.15, 0.2) is 24.3 Å². The molecular formula is C18H29N. The number of nitrogens with one attached hydrogen (secondary N) is 1. The van der Waals surface area contributed by atoms with E-state index < -0.39 is 0 Å². The lowest BCUT2D eigenvalue weighted by molar-refractivity contribution is 0.0554. The normalized spacial score (nSPS) is 20.3. The average Bonchev–Trinajstić information content (AvgIpc) is 2.26. The summed E-state index contributed by atoms with van der Waals surface area (Å²) in [5.74, 6) is 0.724. The topological polar surface area (TPSA) is 12.0 Å². The first-order valence-corrected chi connectivity index (χ1v) is 7.62. The second-order valence-electron chi connectivity index (χ2n) is 7.64. The molecule has 1 aliphatic rings. The molecular weight excluding hydrogens is 230 g/mol. The van der Waals surface area contributed by atoms with Crippen LogP contribution in [0.2, 0.25) is 0 Å². The van der Waals surface area contributed by atoms with Crippen molar-refractivity contribution in [3.05, 3.63) is 35.4 Å². The van der Waals surface area contributed by atoms with Crippen LogP contribution in [0.5, 0.6) is 0 Å².